The van der Waals surface area contributed by atoms with Crippen molar-refractivity contribution in [3.8, 4) is 5.75 Å². The van der Waals surface area contributed by atoms with E-state index < -0.39 is 5.97 Å². The minimum atomic E-state index is -0.612. The molecule has 0 spiro atoms. The molecule has 0 N–H and O–H groups in total. The highest BCUT2D eigenvalue weighted by Gasteiger charge is 2.27. The summed E-state index contributed by atoms with van der Waals surface area (Å²) in [7, 11) is 3.37. The second-order valence-electron chi connectivity index (χ2n) is 7.44. The molecule has 154 valence electrons. The first-order valence-corrected chi connectivity index (χ1v) is 10.0. The fraction of sp³-hybridized carbons (Fsp3) is 0.292. The zero-order chi connectivity index (χ0) is 21.1. The number of hydrogen-bond donors (Lipinski definition) is 0. The van der Waals surface area contributed by atoms with Crippen LogP contribution in [0, 0.1) is 0 Å². The van der Waals surface area contributed by atoms with Gasteiger partial charge in [0.05, 0.1) is 18.7 Å². The highest BCUT2D eigenvalue weighted by atomic mass is 16.5. The fourth-order valence-electron chi connectivity index (χ4n) is 3.95. The lowest BCUT2D eigenvalue weighted by molar-refractivity contribution is -0.135. The van der Waals surface area contributed by atoms with Crippen molar-refractivity contribution in [2.45, 2.75) is 25.3 Å². The predicted molar refractivity (Wildman–Crippen MR) is 113 cm³/mol. The Hall–Kier alpha value is -3.41. The van der Waals surface area contributed by atoms with Crippen LogP contribution in [-0.2, 0) is 16.0 Å². The van der Waals surface area contributed by atoms with E-state index >= 15 is 0 Å². The topological polar surface area (TPSA) is 68.7 Å². The Balaban J connectivity index is 1.41. The lowest BCUT2D eigenvalue weighted by Crippen LogP contribution is -2.36. The van der Waals surface area contributed by atoms with Crippen LogP contribution in [0.25, 0.3) is 10.9 Å². The highest BCUT2D eigenvalue weighted by molar-refractivity contribution is 5.92. The van der Waals surface area contributed by atoms with Crippen molar-refractivity contribution in [2.75, 3.05) is 20.8 Å². The third-order valence-corrected chi connectivity index (χ3v) is 5.63. The van der Waals surface area contributed by atoms with Crippen LogP contribution in [0.3, 0.4) is 0 Å². The molecule has 6 nitrogen and oxygen atoms in total. The van der Waals surface area contributed by atoms with Crippen molar-refractivity contribution in [2.24, 2.45) is 0 Å². The summed E-state index contributed by atoms with van der Waals surface area (Å²) < 4.78 is 10.5. The molecule has 1 heterocycles. The number of fused-ring (bicyclic) bond motifs is 2. The van der Waals surface area contributed by atoms with Gasteiger partial charge in [-0.2, -0.15) is 0 Å². The van der Waals surface area contributed by atoms with Crippen LogP contribution in [0.4, 0.5) is 0 Å². The Morgan fingerprint density at radius 1 is 1.13 bits per heavy atom. The van der Waals surface area contributed by atoms with Crippen molar-refractivity contribution in [3.63, 3.8) is 0 Å². The van der Waals surface area contributed by atoms with E-state index in [1.165, 1.54) is 11.1 Å². The van der Waals surface area contributed by atoms with E-state index in [1.54, 1.807) is 43.3 Å². The molecule has 1 aliphatic rings. The number of aromatic nitrogens is 1. The number of ether oxygens (including phenoxy) is 2. The normalized spacial score (nSPS) is 15.3. The first-order chi connectivity index (χ1) is 14.6. The molecule has 3 aromatic rings. The van der Waals surface area contributed by atoms with E-state index in [-0.39, 0.29) is 24.2 Å². The van der Waals surface area contributed by atoms with E-state index in [1.807, 2.05) is 18.2 Å². The van der Waals surface area contributed by atoms with Gasteiger partial charge in [0.2, 0.25) is 0 Å². The van der Waals surface area contributed by atoms with Gasteiger partial charge in [0, 0.05) is 12.4 Å². The van der Waals surface area contributed by atoms with Crippen LogP contribution in [0.15, 0.2) is 54.6 Å². The minimum absolute atomic E-state index is 0.00919. The monoisotopic (exact) mass is 404 g/mol. The van der Waals surface area contributed by atoms with Crippen molar-refractivity contribution in [1.82, 2.24) is 9.88 Å². The number of esters is 1. The third-order valence-electron chi connectivity index (χ3n) is 5.63. The van der Waals surface area contributed by atoms with Gasteiger partial charge in [0.25, 0.3) is 5.91 Å². The molecule has 2 aromatic carbocycles. The van der Waals surface area contributed by atoms with E-state index in [0.717, 1.165) is 30.4 Å². The Morgan fingerprint density at radius 3 is 2.80 bits per heavy atom. The summed E-state index contributed by atoms with van der Waals surface area (Å²) in [5, 5.41) is 0.859. The summed E-state index contributed by atoms with van der Waals surface area (Å²) in [4.78, 5) is 31.1. The van der Waals surface area contributed by atoms with Gasteiger partial charge in [0.15, 0.2) is 6.61 Å². The maximum Gasteiger partial charge on any atom is 0.357 e. The Labute approximate surface area is 175 Å². The summed E-state index contributed by atoms with van der Waals surface area (Å²) in [5.41, 5.74) is 3.29. The van der Waals surface area contributed by atoms with Gasteiger partial charge < -0.3 is 14.4 Å². The van der Waals surface area contributed by atoms with E-state index in [2.05, 4.69) is 17.1 Å². The Morgan fingerprint density at radius 2 is 1.97 bits per heavy atom. The summed E-state index contributed by atoms with van der Waals surface area (Å²) in [6.45, 7) is -0.309. The number of aryl methyl sites for hydroxylation is 1. The van der Waals surface area contributed by atoms with Crippen molar-refractivity contribution in [3.05, 3.63) is 71.4 Å². The standard InChI is InChI=1S/C24H24N2O4/c1-26(22-9-5-7-16-6-3-4-8-19(16)22)23(27)15-30-24(28)21-12-10-17-14-18(29-2)11-13-20(17)25-21/h3-4,6,8,10-14,22H,5,7,9,15H2,1-2H3. The van der Waals surface area contributed by atoms with Crippen LogP contribution in [0.5, 0.6) is 5.75 Å². The zero-order valence-electron chi connectivity index (χ0n) is 17.1. The number of pyridine rings is 1. The van der Waals surface area contributed by atoms with Crippen molar-refractivity contribution >= 4 is 22.8 Å². The first-order valence-electron chi connectivity index (χ1n) is 10.0. The van der Waals surface area contributed by atoms with E-state index in [4.69, 9.17) is 9.47 Å². The number of nitrogens with zero attached hydrogens (tertiary/aromatic N) is 2. The molecule has 4 rings (SSSR count). The summed E-state index contributed by atoms with van der Waals surface area (Å²) in [6, 6.07) is 17.0. The first kappa shape index (κ1) is 19.9. The third kappa shape index (κ3) is 3.99. The SMILES string of the molecule is COc1ccc2nc(C(=O)OCC(=O)N(C)C3CCCc4ccccc43)ccc2c1. The number of methoxy groups -OCH3 is 1. The summed E-state index contributed by atoms with van der Waals surface area (Å²) in [6.07, 6.45) is 2.97. The zero-order valence-corrected chi connectivity index (χ0v) is 17.1. The maximum absolute atomic E-state index is 12.7. The maximum atomic E-state index is 12.7. The molecule has 1 aliphatic carbocycles. The number of carbonyl (C=O) groups is 2. The van der Waals surface area contributed by atoms with Crippen molar-refractivity contribution < 1.29 is 19.1 Å². The molecule has 0 fully saturated rings. The number of carbonyl (C=O) groups excluding carboxylic acids is 2. The van der Waals surface area contributed by atoms with Gasteiger partial charge in [-0.25, -0.2) is 9.78 Å². The van der Waals surface area contributed by atoms with Crippen LogP contribution in [0.1, 0.15) is 40.5 Å². The van der Waals surface area contributed by atoms with Crippen LogP contribution >= 0.6 is 0 Å². The molecular formula is C24H24N2O4. The summed E-state index contributed by atoms with van der Waals surface area (Å²) >= 11 is 0. The molecule has 1 aromatic heterocycles. The summed E-state index contributed by atoms with van der Waals surface area (Å²) in [5.74, 6) is -0.119. The fourth-order valence-corrected chi connectivity index (χ4v) is 3.95. The van der Waals surface area contributed by atoms with E-state index in [9.17, 15) is 9.59 Å². The average molecular weight is 404 g/mol. The molecule has 1 amide bonds. The highest BCUT2D eigenvalue weighted by Crippen LogP contribution is 2.33. The lowest BCUT2D eigenvalue weighted by atomic mass is 9.87. The molecule has 0 saturated carbocycles. The molecular weight excluding hydrogens is 380 g/mol. The molecule has 1 unspecified atom stereocenters. The molecule has 6 heteroatoms. The largest absolute Gasteiger partial charge is 0.497 e. The van der Waals surface area contributed by atoms with Gasteiger partial charge in [-0.05, 0) is 54.7 Å². The van der Waals surface area contributed by atoms with Gasteiger partial charge in [0.1, 0.15) is 11.4 Å². The molecule has 0 saturated heterocycles. The Bertz CT molecular complexity index is 1100. The van der Waals surface area contributed by atoms with Crippen LogP contribution < -0.4 is 4.74 Å². The molecule has 0 radical (unpaired) electrons. The molecule has 0 aliphatic heterocycles. The predicted octanol–water partition coefficient (Wildman–Crippen LogP) is 3.94. The molecule has 0 bridgehead atoms. The number of hydrogen-bond acceptors (Lipinski definition) is 5. The second-order valence-corrected chi connectivity index (χ2v) is 7.44. The van der Waals surface area contributed by atoms with Crippen molar-refractivity contribution in [1.29, 1.82) is 0 Å². The number of rotatable bonds is 5. The van der Waals surface area contributed by atoms with Gasteiger partial charge >= 0.3 is 5.97 Å². The minimum Gasteiger partial charge on any atom is -0.497 e. The Kier molecular flexibility index (Phi) is 5.65. The van der Waals surface area contributed by atoms with Crippen LogP contribution in [0.2, 0.25) is 0 Å². The number of benzene rings is 2. The van der Waals surface area contributed by atoms with Gasteiger partial charge in [-0.3, -0.25) is 4.79 Å². The lowest BCUT2D eigenvalue weighted by Gasteiger charge is -2.33. The quantitative estimate of drug-likeness (QED) is 0.603. The van der Waals surface area contributed by atoms with E-state index in [0.29, 0.717) is 5.52 Å². The smallest absolute Gasteiger partial charge is 0.357 e. The second kappa shape index (κ2) is 8.53. The van der Waals surface area contributed by atoms with Gasteiger partial charge in [-0.15, -0.1) is 0 Å². The van der Waals surface area contributed by atoms with Crippen LogP contribution in [-0.4, -0.2) is 42.5 Å². The average Bonchev–Trinajstić information content (AvgIpc) is 2.80. The molecule has 1 atom stereocenters. The number of amides is 1. The molecule has 30 heavy (non-hydrogen) atoms. The number of likely N-dealkylation sites (N-methyl/N-ethyl adjacent to an activating group) is 1. The van der Waals surface area contributed by atoms with Gasteiger partial charge in [-0.1, -0.05) is 30.3 Å².